The van der Waals surface area contributed by atoms with Crippen LogP contribution < -0.4 is 10.0 Å². The highest BCUT2D eigenvalue weighted by Gasteiger charge is 2.26. The first-order chi connectivity index (χ1) is 12.9. The zero-order chi connectivity index (χ0) is 18.8. The quantitative estimate of drug-likeness (QED) is 0.506. The number of carbonyl (C=O) groups is 1. The Morgan fingerprint density at radius 1 is 1.11 bits per heavy atom. The van der Waals surface area contributed by atoms with E-state index in [-0.39, 0.29) is 16.6 Å². The maximum atomic E-state index is 13.0. The molecule has 4 aromatic rings. The average molecular weight is 443 g/mol. The molecule has 2 aromatic carbocycles. The van der Waals surface area contributed by atoms with Gasteiger partial charge in [-0.25, -0.2) is 12.9 Å². The number of aromatic nitrogens is 2. The van der Waals surface area contributed by atoms with Gasteiger partial charge in [-0.15, -0.1) is 5.10 Å². The van der Waals surface area contributed by atoms with Gasteiger partial charge in [-0.05, 0) is 46.3 Å². The van der Waals surface area contributed by atoms with Crippen molar-refractivity contribution >= 4 is 59.7 Å². The summed E-state index contributed by atoms with van der Waals surface area (Å²) in [5.74, 6) is -0.0189. The van der Waals surface area contributed by atoms with Gasteiger partial charge in [0.15, 0.2) is 5.82 Å². The van der Waals surface area contributed by atoms with Gasteiger partial charge in [-0.3, -0.25) is 9.52 Å². The first-order valence-corrected chi connectivity index (χ1v) is 10.2. The molecular formula is C18H11BrN4O3S. The molecule has 1 aliphatic heterocycles. The molecule has 0 fully saturated rings. The second kappa shape index (κ2) is 5.54. The zero-order valence-corrected chi connectivity index (χ0v) is 16.0. The maximum Gasteiger partial charge on any atom is 0.263 e. The molecule has 3 heterocycles. The number of nitrogens with zero attached hydrogens (tertiary/aromatic N) is 2. The van der Waals surface area contributed by atoms with Crippen molar-refractivity contribution < 1.29 is 13.2 Å². The number of nitrogens with one attached hydrogen (secondary N) is 2. The highest BCUT2D eigenvalue weighted by molar-refractivity contribution is 9.10. The van der Waals surface area contributed by atoms with Crippen LogP contribution in [0, 0.1) is 0 Å². The summed E-state index contributed by atoms with van der Waals surface area (Å²) in [6.45, 7) is 0. The van der Waals surface area contributed by atoms with E-state index in [0.717, 1.165) is 9.99 Å². The van der Waals surface area contributed by atoms with E-state index in [1.165, 1.54) is 6.07 Å². The Bertz CT molecular complexity index is 1380. The number of carbonyl (C=O) groups excluding carboxylic acids is 1. The lowest BCUT2D eigenvalue weighted by atomic mass is 10.1. The number of pyridine rings is 1. The molecule has 5 rings (SSSR count). The molecule has 9 heteroatoms. The third-order valence-corrected chi connectivity index (χ3v) is 6.33. The van der Waals surface area contributed by atoms with Crippen molar-refractivity contribution in [3.8, 4) is 0 Å². The minimum absolute atomic E-state index is 0.0952. The molecule has 0 radical (unpaired) electrons. The van der Waals surface area contributed by atoms with Crippen LogP contribution in [0.2, 0.25) is 0 Å². The van der Waals surface area contributed by atoms with Gasteiger partial charge in [0.1, 0.15) is 0 Å². The van der Waals surface area contributed by atoms with Crippen molar-refractivity contribution in [1.82, 2.24) is 9.61 Å². The minimum Gasteiger partial charge on any atom is -0.321 e. The molecule has 7 nitrogen and oxygen atoms in total. The fraction of sp³-hybridized carbons (Fsp3) is 0. The lowest BCUT2D eigenvalue weighted by Gasteiger charge is -2.09. The van der Waals surface area contributed by atoms with Gasteiger partial charge in [-0.1, -0.05) is 12.1 Å². The predicted molar refractivity (Wildman–Crippen MR) is 106 cm³/mol. The zero-order valence-electron chi connectivity index (χ0n) is 13.6. The molecule has 0 unspecified atom stereocenters. The summed E-state index contributed by atoms with van der Waals surface area (Å²) in [4.78, 5) is 12.1. The third kappa shape index (κ3) is 2.50. The van der Waals surface area contributed by atoms with Crippen LogP contribution in [-0.4, -0.2) is 23.9 Å². The Labute approximate surface area is 162 Å². The van der Waals surface area contributed by atoms with Crippen molar-refractivity contribution in [2.75, 3.05) is 10.0 Å². The lowest BCUT2D eigenvalue weighted by Crippen LogP contribution is -2.14. The maximum absolute atomic E-state index is 13.0. The molecule has 1 amide bonds. The number of hydrogen-bond donors (Lipinski definition) is 2. The highest BCUT2D eigenvalue weighted by atomic mass is 79.9. The molecule has 0 spiro atoms. The van der Waals surface area contributed by atoms with E-state index in [0.29, 0.717) is 22.0 Å². The summed E-state index contributed by atoms with van der Waals surface area (Å²) < 4.78 is 31.0. The topological polar surface area (TPSA) is 92.6 Å². The van der Waals surface area contributed by atoms with Crippen molar-refractivity contribution in [1.29, 1.82) is 0 Å². The molecule has 27 heavy (non-hydrogen) atoms. The molecule has 0 bridgehead atoms. The van der Waals surface area contributed by atoms with Gasteiger partial charge in [0.05, 0.1) is 10.4 Å². The lowest BCUT2D eigenvalue weighted by molar-refractivity contribution is 0.103. The fourth-order valence-electron chi connectivity index (χ4n) is 3.30. The van der Waals surface area contributed by atoms with E-state index < -0.39 is 10.0 Å². The second-order valence-electron chi connectivity index (χ2n) is 6.15. The number of rotatable bonds is 3. The molecule has 0 aliphatic carbocycles. The number of amides is 1. The Hall–Kier alpha value is -2.91. The summed E-state index contributed by atoms with van der Waals surface area (Å²) in [6, 6.07) is 13.5. The Morgan fingerprint density at radius 2 is 1.96 bits per heavy atom. The second-order valence-corrected chi connectivity index (χ2v) is 8.71. The molecular weight excluding hydrogens is 432 g/mol. The van der Waals surface area contributed by atoms with E-state index in [1.807, 2.05) is 12.1 Å². The van der Waals surface area contributed by atoms with E-state index in [2.05, 4.69) is 31.1 Å². The summed E-state index contributed by atoms with van der Waals surface area (Å²) in [7, 11) is -3.90. The first-order valence-electron chi connectivity index (χ1n) is 7.97. The van der Waals surface area contributed by atoms with Crippen molar-refractivity contribution in [2.24, 2.45) is 0 Å². The molecule has 1 aliphatic rings. The van der Waals surface area contributed by atoms with Gasteiger partial charge in [-0.2, -0.15) is 0 Å². The minimum atomic E-state index is -3.90. The predicted octanol–water partition coefficient (Wildman–Crippen LogP) is 3.62. The third-order valence-electron chi connectivity index (χ3n) is 4.45. The molecule has 0 saturated carbocycles. The van der Waals surface area contributed by atoms with E-state index >= 15 is 0 Å². The average Bonchev–Trinajstić information content (AvgIpc) is 3.16. The summed E-state index contributed by atoms with van der Waals surface area (Å²) >= 11 is 3.36. The van der Waals surface area contributed by atoms with Crippen LogP contribution in [0.4, 0.5) is 11.5 Å². The summed E-state index contributed by atoms with van der Waals surface area (Å²) in [6.07, 6.45) is 1.74. The molecule has 0 saturated heterocycles. The van der Waals surface area contributed by atoms with Gasteiger partial charge < -0.3 is 5.32 Å². The van der Waals surface area contributed by atoms with Crippen LogP contribution in [0.3, 0.4) is 0 Å². The molecule has 0 atom stereocenters. The number of fused-ring (bicyclic) bond motifs is 1. The molecule has 134 valence electrons. The SMILES string of the molecule is O=C1Nc2ccc(S(=O)(=O)Nc3cc4ccc(Br)cn4n3)c3cccc1c23. The van der Waals surface area contributed by atoms with E-state index in [4.69, 9.17) is 0 Å². The van der Waals surface area contributed by atoms with Gasteiger partial charge in [0.25, 0.3) is 15.9 Å². The number of benzene rings is 2. The summed E-state index contributed by atoms with van der Waals surface area (Å²) in [5, 5.41) is 8.11. The van der Waals surface area contributed by atoms with Crippen molar-refractivity contribution in [2.45, 2.75) is 4.90 Å². The van der Waals surface area contributed by atoms with Crippen LogP contribution in [0.5, 0.6) is 0 Å². The standard InChI is InChI=1S/C18H11BrN4O3S/c19-10-4-5-11-8-16(21-23(11)9-10)22-27(25,26)15-7-6-14-17-12(15)2-1-3-13(17)18(24)20-14/h1-9H,(H,20,24)(H,21,22). The van der Waals surface area contributed by atoms with Crippen LogP contribution in [-0.2, 0) is 10.0 Å². The largest absolute Gasteiger partial charge is 0.321 e. The van der Waals surface area contributed by atoms with E-state index in [9.17, 15) is 13.2 Å². The van der Waals surface area contributed by atoms with Crippen LogP contribution in [0.25, 0.3) is 16.3 Å². The van der Waals surface area contributed by atoms with Gasteiger partial charge in [0, 0.05) is 38.8 Å². The number of halogens is 1. The summed E-state index contributed by atoms with van der Waals surface area (Å²) in [5.41, 5.74) is 1.84. The molecule has 2 N–H and O–H groups in total. The number of hydrogen-bond acceptors (Lipinski definition) is 4. The normalized spacial score (nSPS) is 13.3. The Balaban J connectivity index is 1.63. The number of anilines is 2. The smallest absolute Gasteiger partial charge is 0.263 e. The number of sulfonamides is 1. The van der Waals surface area contributed by atoms with Crippen LogP contribution >= 0.6 is 15.9 Å². The van der Waals surface area contributed by atoms with Gasteiger partial charge >= 0.3 is 0 Å². The highest BCUT2D eigenvalue weighted by Crippen LogP contribution is 2.36. The Morgan fingerprint density at radius 3 is 2.81 bits per heavy atom. The van der Waals surface area contributed by atoms with Crippen molar-refractivity contribution in [3.63, 3.8) is 0 Å². The first kappa shape index (κ1) is 16.3. The van der Waals surface area contributed by atoms with Gasteiger partial charge in [0.2, 0.25) is 0 Å². The fourth-order valence-corrected chi connectivity index (χ4v) is 4.82. The Kier molecular flexibility index (Phi) is 3.34. The van der Waals surface area contributed by atoms with Crippen LogP contribution in [0.15, 0.2) is 64.1 Å². The molecule has 2 aromatic heterocycles. The van der Waals surface area contributed by atoms with Crippen LogP contribution in [0.1, 0.15) is 10.4 Å². The monoisotopic (exact) mass is 442 g/mol. The van der Waals surface area contributed by atoms with E-state index in [1.54, 1.807) is 41.0 Å². The van der Waals surface area contributed by atoms with Crippen molar-refractivity contribution in [3.05, 3.63) is 64.8 Å².